The van der Waals surface area contributed by atoms with Gasteiger partial charge in [0.2, 0.25) is 0 Å². The highest BCUT2D eigenvalue weighted by Crippen LogP contribution is 2.22. The van der Waals surface area contributed by atoms with Crippen molar-refractivity contribution in [1.82, 2.24) is 10.3 Å². The van der Waals surface area contributed by atoms with Crippen molar-refractivity contribution in [2.45, 2.75) is 18.9 Å². The molecule has 0 saturated carbocycles. The van der Waals surface area contributed by atoms with Crippen molar-refractivity contribution in [1.29, 1.82) is 0 Å². The fourth-order valence-electron chi connectivity index (χ4n) is 2.25. The van der Waals surface area contributed by atoms with Crippen molar-refractivity contribution in [3.63, 3.8) is 0 Å². The van der Waals surface area contributed by atoms with Crippen LogP contribution in [-0.4, -0.2) is 29.8 Å². The zero-order chi connectivity index (χ0) is 13.5. The summed E-state index contributed by atoms with van der Waals surface area (Å²) in [7, 11) is 0. The van der Waals surface area contributed by atoms with E-state index in [2.05, 4.69) is 22.4 Å². The van der Waals surface area contributed by atoms with Crippen LogP contribution in [0.2, 0.25) is 0 Å². The molecular weight excluding hydrogens is 238 g/mol. The van der Waals surface area contributed by atoms with Gasteiger partial charge in [-0.25, -0.2) is 0 Å². The summed E-state index contributed by atoms with van der Waals surface area (Å²) >= 11 is 0. The molecule has 0 aliphatic heterocycles. The number of aromatic nitrogens is 1. The van der Waals surface area contributed by atoms with Crippen LogP contribution in [0.4, 0.5) is 0 Å². The van der Waals surface area contributed by atoms with Crippen molar-refractivity contribution < 1.29 is 5.11 Å². The van der Waals surface area contributed by atoms with Gasteiger partial charge in [0, 0.05) is 37.0 Å². The van der Waals surface area contributed by atoms with Gasteiger partial charge < -0.3 is 16.2 Å². The second-order valence-corrected chi connectivity index (χ2v) is 4.62. The van der Waals surface area contributed by atoms with Crippen LogP contribution < -0.4 is 11.1 Å². The molecule has 102 valence electrons. The average molecular weight is 259 g/mol. The Bertz CT molecular complexity index is 510. The van der Waals surface area contributed by atoms with Crippen LogP contribution in [0, 0.1) is 0 Å². The highest BCUT2D eigenvalue weighted by atomic mass is 16.2. The second kappa shape index (κ2) is 7.19. The normalized spacial score (nSPS) is 12.7. The van der Waals surface area contributed by atoms with Crippen molar-refractivity contribution in [2.75, 3.05) is 19.7 Å². The molecule has 0 aliphatic rings. The predicted octanol–water partition coefficient (Wildman–Crippen LogP) is 1.60. The Hall–Kier alpha value is -1.49. The molecule has 1 aromatic carbocycles. The number of unbranched alkanes of at least 4 members (excludes halogenated alkanes) is 1. The number of benzene rings is 1. The maximum Gasteiger partial charge on any atom is 0.0466 e. The molecular formula is C15H21N3O. The van der Waals surface area contributed by atoms with Crippen LogP contribution in [-0.2, 0) is 0 Å². The van der Waals surface area contributed by atoms with Crippen molar-refractivity contribution in [3.05, 3.63) is 42.2 Å². The highest BCUT2D eigenvalue weighted by Gasteiger charge is 2.12. The Morgan fingerprint density at radius 3 is 2.84 bits per heavy atom. The number of nitrogens with two attached hydrogens (primary N) is 1. The van der Waals surface area contributed by atoms with E-state index < -0.39 is 0 Å². The lowest BCUT2D eigenvalue weighted by atomic mass is 10.0. The predicted molar refractivity (Wildman–Crippen MR) is 77.9 cm³/mol. The molecule has 4 heteroatoms. The van der Waals surface area contributed by atoms with Gasteiger partial charge in [-0.15, -0.1) is 0 Å². The molecule has 0 radical (unpaired) electrons. The molecule has 4 N–H and O–H groups in total. The Kier molecular flexibility index (Phi) is 5.27. The van der Waals surface area contributed by atoms with Gasteiger partial charge in [0.1, 0.15) is 0 Å². The van der Waals surface area contributed by atoms with Crippen LogP contribution in [0.25, 0.3) is 10.8 Å². The lowest BCUT2D eigenvalue weighted by Crippen LogP contribution is -2.29. The molecule has 2 rings (SSSR count). The monoisotopic (exact) mass is 259 g/mol. The van der Waals surface area contributed by atoms with E-state index in [1.54, 1.807) is 0 Å². The minimum atomic E-state index is 0.109. The molecule has 0 bridgehead atoms. The largest absolute Gasteiger partial charge is 0.396 e. The van der Waals surface area contributed by atoms with E-state index >= 15 is 0 Å². The van der Waals surface area contributed by atoms with Crippen LogP contribution >= 0.6 is 0 Å². The topological polar surface area (TPSA) is 71.2 Å². The summed E-state index contributed by atoms with van der Waals surface area (Å²) in [5.41, 5.74) is 7.01. The Balaban J connectivity index is 2.16. The van der Waals surface area contributed by atoms with Gasteiger partial charge in [0.05, 0.1) is 0 Å². The van der Waals surface area contributed by atoms with Gasteiger partial charge in [-0.05, 0) is 30.3 Å². The third-order valence-corrected chi connectivity index (χ3v) is 3.29. The summed E-state index contributed by atoms with van der Waals surface area (Å²) in [4.78, 5) is 4.29. The Labute approximate surface area is 113 Å². The van der Waals surface area contributed by atoms with Gasteiger partial charge in [0.15, 0.2) is 0 Å². The second-order valence-electron chi connectivity index (χ2n) is 4.62. The molecule has 0 fully saturated rings. The van der Waals surface area contributed by atoms with Gasteiger partial charge in [-0.1, -0.05) is 24.3 Å². The third kappa shape index (κ3) is 3.50. The first kappa shape index (κ1) is 13.9. The summed E-state index contributed by atoms with van der Waals surface area (Å²) in [6.07, 6.45) is 5.53. The fourth-order valence-corrected chi connectivity index (χ4v) is 2.25. The zero-order valence-corrected chi connectivity index (χ0v) is 11.0. The number of hydrogen-bond acceptors (Lipinski definition) is 4. The Morgan fingerprint density at radius 1 is 1.21 bits per heavy atom. The number of hydrogen-bond donors (Lipinski definition) is 3. The number of aliphatic hydroxyl groups is 1. The minimum absolute atomic E-state index is 0.109. The van der Waals surface area contributed by atoms with Gasteiger partial charge in [-0.3, -0.25) is 4.98 Å². The van der Waals surface area contributed by atoms with E-state index in [4.69, 9.17) is 10.8 Å². The fraction of sp³-hybridized carbons (Fsp3) is 0.400. The Morgan fingerprint density at radius 2 is 2.05 bits per heavy atom. The molecule has 0 saturated heterocycles. The molecule has 19 heavy (non-hydrogen) atoms. The first-order chi connectivity index (χ1) is 9.36. The zero-order valence-electron chi connectivity index (χ0n) is 11.0. The number of rotatable bonds is 7. The minimum Gasteiger partial charge on any atom is -0.396 e. The number of pyridine rings is 1. The summed E-state index contributed by atoms with van der Waals surface area (Å²) in [5, 5.41) is 14.6. The number of nitrogens with one attached hydrogen (secondary N) is 1. The lowest BCUT2D eigenvalue weighted by molar-refractivity contribution is 0.282. The summed E-state index contributed by atoms with van der Waals surface area (Å²) < 4.78 is 0. The van der Waals surface area contributed by atoms with E-state index in [1.165, 1.54) is 5.39 Å². The smallest absolute Gasteiger partial charge is 0.0466 e. The average Bonchev–Trinajstić information content (AvgIpc) is 2.47. The van der Waals surface area contributed by atoms with Gasteiger partial charge in [-0.2, -0.15) is 0 Å². The first-order valence-electron chi connectivity index (χ1n) is 6.73. The standard InChI is InChI=1S/C15H21N3O/c16-9-15(18-7-3-4-8-19)14-11-17-10-12-5-1-2-6-13(12)14/h1-2,5-6,10-11,15,18-19H,3-4,7-9,16H2. The molecule has 2 aromatic rings. The molecule has 0 spiro atoms. The number of nitrogens with zero attached hydrogens (tertiary/aromatic N) is 1. The number of fused-ring (bicyclic) bond motifs is 1. The molecule has 1 aromatic heterocycles. The molecule has 1 atom stereocenters. The van der Waals surface area contributed by atoms with E-state index in [0.717, 1.165) is 30.3 Å². The maximum atomic E-state index is 8.78. The molecule has 1 unspecified atom stereocenters. The number of aliphatic hydroxyl groups excluding tert-OH is 1. The highest BCUT2D eigenvalue weighted by molar-refractivity contribution is 5.85. The van der Waals surface area contributed by atoms with E-state index in [9.17, 15) is 0 Å². The molecule has 0 amide bonds. The van der Waals surface area contributed by atoms with Gasteiger partial charge in [0.25, 0.3) is 0 Å². The van der Waals surface area contributed by atoms with Crippen LogP contribution in [0.5, 0.6) is 0 Å². The van der Waals surface area contributed by atoms with E-state index in [-0.39, 0.29) is 12.6 Å². The quantitative estimate of drug-likeness (QED) is 0.660. The molecule has 1 heterocycles. The van der Waals surface area contributed by atoms with Crippen molar-refractivity contribution in [2.24, 2.45) is 5.73 Å². The third-order valence-electron chi connectivity index (χ3n) is 3.29. The van der Waals surface area contributed by atoms with Gasteiger partial charge >= 0.3 is 0 Å². The molecule has 0 aliphatic carbocycles. The van der Waals surface area contributed by atoms with Crippen LogP contribution in [0.15, 0.2) is 36.7 Å². The maximum absolute atomic E-state index is 8.78. The molecule has 4 nitrogen and oxygen atoms in total. The van der Waals surface area contributed by atoms with Crippen molar-refractivity contribution >= 4 is 10.8 Å². The van der Waals surface area contributed by atoms with Crippen molar-refractivity contribution in [3.8, 4) is 0 Å². The summed E-state index contributed by atoms with van der Waals surface area (Å²) in [5.74, 6) is 0. The summed E-state index contributed by atoms with van der Waals surface area (Å²) in [6.45, 7) is 1.63. The van der Waals surface area contributed by atoms with Crippen LogP contribution in [0.1, 0.15) is 24.4 Å². The SMILES string of the molecule is NCC(NCCCCO)c1cncc2ccccc12. The van der Waals surface area contributed by atoms with E-state index in [1.807, 2.05) is 24.5 Å². The van der Waals surface area contributed by atoms with E-state index in [0.29, 0.717) is 6.54 Å². The van der Waals surface area contributed by atoms with Crippen LogP contribution in [0.3, 0.4) is 0 Å². The summed E-state index contributed by atoms with van der Waals surface area (Å²) in [6, 6.07) is 8.32. The first-order valence-corrected chi connectivity index (χ1v) is 6.73. The lowest BCUT2D eigenvalue weighted by Gasteiger charge is -2.18.